The number of halogens is 1. The quantitative estimate of drug-likeness (QED) is 0.706. The zero-order valence-corrected chi connectivity index (χ0v) is 9.06. The third kappa shape index (κ3) is 1.61. The summed E-state index contributed by atoms with van der Waals surface area (Å²) in [5.74, 6) is 0. The van der Waals surface area contributed by atoms with Gasteiger partial charge in [0.1, 0.15) is 0 Å². The second-order valence-electron chi connectivity index (χ2n) is 3.09. The largest absolute Gasteiger partial charge is 0.493 e. The molecular weight excluding hydrogens is 222 g/mol. The smallest absolute Gasteiger partial charge is 0.423 e. The summed E-state index contributed by atoms with van der Waals surface area (Å²) in [5, 5.41) is 10.0. The van der Waals surface area contributed by atoms with Crippen LogP contribution in [0.4, 0.5) is 0 Å². The first-order chi connectivity index (χ1) is 6.59. The number of fused-ring (bicyclic) bond motifs is 1. The summed E-state index contributed by atoms with van der Waals surface area (Å²) >= 11 is 5.85. The van der Waals surface area contributed by atoms with E-state index in [2.05, 4.69) is 0 Å². The Morgan fingerprint density at radius 1 is 1.64 bits per heavy atom. The van der Waals surface area contributed by atoms with E-state index in [4.69, 9.17) is 16.3 Å². The molecule has 1 atom stereocenters. The molecule has 1 aliphatic heterocycles. The van der Waals surface area contributed by atoms with Gasteiger partial charge in [0.2, 0.25) is 0 Å². The maximum atomic E-state index is 11.4. The Morgan fingerprint density at radius 2 is 2.36 bits per heavy atom. The molecule has 0 fully saturated rings. The highest BCUT2D eigenvalue weighted by molar-refractivity contribution is 7.84. The third-order valence-electron chi connectivity index (χ3n) is 2.15. The van der Waals surface area contributed by atoms with E-state index in [1.165, 1.54) is 0 Å². The summed E-state index contributed by atoms with van der Waals surface area (Å²) < 4.78 is 16.4. The minimum absolute atomic E-state index is 0.321. The highest BCUT2D eigenvalue weighted by Crippen LogP contribution is 2.20. The molecule has 0 spiro atoms. The fourth-order valence-electron chi connectivity index (χ4n) is 1.54. The molecule has 1 N–H and O–H groups in total. The zero-order chi connectivity index (χ0) is 10.3. The molecule has 0 saturated heterocycles. The molecule has 0 aromatic heterocycles. The molecule has 74 valence electrons. The summed E-state index contributed by atoms with van der Waals surface area (Å²) in [6.45, 7) is 0.321. The number of hydrogen-bond donors (Lipinski definition) is 1. The van der Waals surface area contributed by atoms with Crippen LogP contribution in [-0.4, -0.2) is 22.6 Å². The van der Waals surface area contributed by atoms with Gasteiger partial charge in [0, 0.05) is 32.4 Å². The fraction of sp³-hybridized carbons (Fsp3) is 0.250. The van der Waals surface area contributed by atoms with Crippen molar-refractivity contribution in [3.8, 4) is 0 Å². The predicted octanol–water partition coefficient (Wildman–Crippen LogP) is 0.295. The topological polar surface area (TPSA) is 46.5 Å². The van der Waals surface area contributed by atoms with E-state index >= 15 is 0 Å². The van der Waals surface area contributed by atoms with E-state index < -0.39 is 17.9 Å². The molecule has 0 bridgehead atoms. The van der Waals surface area contributed by atoms with Crippen molar-refractivity contribution in [1.82, 2.24) is 0 Å². The minimum atomic E-state index is -1.17. The van der Waals surface area contributed by atoms with Crippen molar-refractivity contribution in [2.75, 3.05) is 6.26 Å². The molecule has 0 aliphatic carbocycles. The highest BCUT2D eigenvalue weighted by atomic mass is 35.5. The normalized spacial score (nSPS) is 16.9. The van der Waals surface area contributed by atoms with Crippen LogP contribution in [-0.2, 0) is 22.1 Å². The Bertz CT molecular complexity index is 410. The average molecular weight is 230 g/mol. The molecular formula is C8H8BClO3S. The molecule has 3 nitrogen and oxygen atoms in total. The first-order valence-electron chi connectivity index (χ1n) is 4.05. The van der Waals surface area contributed by atoms with Gasteiger partial charge in [-0.2, -0.15) is 0 Å². The molecule has 1 unspecified atom stereocenters. The maximum absolute atomic E-state index is 11.4. The van der Waals surface area contributed by atoms with Crippen molar-refractivity contribution in [3.05, 3.63) is 22.7 Å². The van der Waals surface area contributed by atoms with Crippen molar-refractivity contribution in [1.29, 1.82) is 0 Å². The lowest BCUT2D eigenvalue weighted by Crippen LogP contribution is -2.31. The summed E-state index contributed by atoms with van der Waals surface area (Å²) in [6, 6.07) is 3.33. The van der Waals surface area contributed by atoms with Crippen molar-refractivity contribution in [3.63, 3.8) is 0 Å². The van der Waals surface area contributed by atoms with Crippen molar-refractivity contribution < 1.29 is 13.9 Å². The van der Waals surface area contributed by atoms with Crippen LogP contribution in [0.1, 0.15) is 5.56 Å². The number of rotatable bonds is 1. The maximum Gasteiger partial charge on any atom is 0.493 e. The molecule has 1 aromatic carbocycles. The highest BCUT2D eigenvalue weighted by Gasteiger charge is 2.31. The molecule has 0 amide bonds. The molecule has 14 heavy (non-hydrogen) atoms. The monoisotopic (exact) mass is 230 g/mol. The van der Waals surface area contributed by atoms with Crippen LogP contribution in [0.25, 0.3) is 0 Å². The third-order valence-corrected chi connectivity index (χ3v) is 3.32. The Morgan fingerprint density at radius 3 is 3.00 bits per heavy atom. The van der Waals surface area contributed by atoms with E-state index in [0.29, 0.717) is 22.0 Å². The van der Waals surface area contributed by atoms with Crippen molar-refractivity contribution >= 4 is 35.0 Å². The van der Waals surface area contributed by atoms with Gasteiger partial charge >= 0.3 is 7.12 Å². The summed E-state index contributed by atoms with van der Waals surface area (Å²) in [5.41, 5.74) is 1.42. The predicted molar refractivity (Wildman–Crippen MR) is 56.2 cm³/mol. The zero-order valence-electron chi connectivity index (χ0n) is 7.49. The van der Waals surface area contributed by atoms with Gasteiger partial charge < -0.3 is 9.68 Å². The van der Waals surface area contributed by atoms with Crippen molar-refractivity contribution in [2.45, 2.75) is 11.5 Å². The molecule has 2 rings (SSSR count). The van der Waals surface area contributed by atoms with Crippen LogP contribution in [0.2, 0.25) is 5.02 Å². The fourth-order valence-corrected chi connectivity index (χ4v) is 2.68. The standard InChI is InChI=1S/C8H8BClO3S/c1-14(12)7-3-6(10)2-5-4-13-9(11)8(5)7/h2-3,11H,4H2,1H3. The van der Waals surface area contributed by atoms with Gasteiger partial charge in [0.15, 0.2) is 0 Å². The van der Waals surface area contributed by atoms with Crippen molar-refractivity contribution in [2.24, 2.45) is 0 Å². The van der Waals surface area contributed by atoms with Crippen LogP contribution >= 0.6 is 11.6 Å². The summed E-state index contributed by atoms with van der Waals surface area (Å²) in [7, 11) is -2.14. The van der Waals surface area contributed by atoms with Crippen LogP contribution in [0.15, 0.2) is 17.0 Å². The lowest BCUT2D eigenvalue weighted by molar-refractivity contribution is 0.275. The number of hydrogen-bond acceptors (Lipinski definition) is 3. The second kappa shape index (κ2) is 3.66. The Hall–Kier alpha value is -0.355. The van der Waals surface area contributed by atoms with Crippen LogP contribution < -0.4 is 5.46 Å². The second-order valence-corrected chi connectivity index (χ2v) is 4.88. The van der Waals surface area contributed by atoms with Gasteiger partial charge in [-0.15, -0.1) is 0 Å². The van der Waals surface area contributed by atoms with E-state index in [1.54, 1.807) is 18.4 Å². The molecule has 1 aliphatic rings. The van der Waals surface area contributed by atoms with E-state index in [9.17, 15) is 9.23 Å². The molecule has 0 radical (unpaired) electrons. The molecule has 1 aromatic rings. The van der Waals surface area contributed by atoms with Gasteiger partial charge in [0.25, 0.3) is 0 Å². The Labute approximate surface area is 89.6 Å². The van der Waals surface area contributed by atoms with Gasteiger partial charge in [-0.3, -0.25) is 4.21 Å². The first kappa shape index (κ1) is 10.2. The van der Waals surface area contributed by atoms with Crippen LogP contribution in [0.5, 0.6) is 0 Å². The molecule has 6 heteroatoms. The lowest BCUT2D eigenvalue weighted by atomic mass is 9.79. The van der Waals surface area contributed by atoms with E-state index in [1.807, 2.05) is 0 Å². The van der Waals surface area contributed by atoms with Gasteiger partial charge in [0.05, 0.1) is 6.61 Å². The van der Waals surface area contributed by atoms with Gasteiger partial charge in [-0.1, -0.05) is 11.6 Å². The molecule has 0 saturated carbocycles. The molecule has 1 heterocycles. The SMILES string of the molecule is CS(=O)c1cc(Cl)cc2c1B(O)OC2. The summed E-state index contributed by atoms with van der Waals surface area (Å²) in [4.78, 5) is 0.553. The number of benzene rings is 1. The van der Waals surface area contributed by atoms with Gasteiger partial charge in [-0.25, -0.2) is 0 Å². The van der Waals surface area contributed by atoms with Crippen LogP contribution in [0.3, 0.4) is 0 Å². The Kier molecular flexibility index (Phi) is 2.66. The van der Waals surface area contributed by atoms with Crippen LogP contribution in [0, 0.1) is 0 Å². The van der Waals surface area contributed by atoms with E-state index in [0.717, 1.165) is 5.56 Å². The first-order valence-corrected chi connectivity index (χ1v) is 5.98. The summed E-state index contributed by atoms with van der Waals surface area (Å²) in [6.07, 6.45) is 1.55. The van der Waals surface area contributed by atoms with Gasteiger partial charge in [-0.05, 0) is 17.7 Å². The minimum Gasteiger partial charge on any atom is -0.423 e. The Balaban J connectivity index is 2.65. The van der Waals surface area contributed by atoms with E-state index in [-0.39, 0.29) is 0 Å². The lowest BCUT2D eigenvalue weighted by Gasteiger charge is -2.05. The average Bonchev–Trinajstić information content (AvgIpc) is 2.46.